The van der Waals surface area contributed by atoms with Gasteiger partial charge in [-0.25, -0.2) is 4.68 Å². The molecule has 0 saturated carbocycles. The SMILES string of the molecule is CC(=O)N1CCN(c2cc(Cl)nc(-n3nc(C)cc3C)n2)CC1. The van der Waals surface area contributed by atoms with E-state index in [1.165, 1.54) is 0 Å². The average Bonchev–Trinajstić information content (AvgIpc) is 2.85. The van der Waals surface area contributed by atoms with Crippen molar-refractivity contribution in [1.29, 1.82) is 0 Å². The highest BCUT2D eigenvalue weighted by molar-refractivity contribution is 6.29. The van der Waals surface area contributed by atoms with Crippen LogP contribution in [0.15, 0.2) is 12.1 Å². The Kier molecular flexibility index (Phi) is 4.21. The van der Waals surface area contributed by atoms with Gasteiger partial charge in [0.25, 0.3) is 5.95 Å². The number of carbonyl (C=O) groups is 1. The molecule has 0 aromatic carbocycles. The number of rotatable bonds is 2. The molecule has 7 nitrogen and oxygen atoms in total. The highest BCUT2D eigenvalue weighted by atomic mass is 35.5. The molecule has 0 radical (unpaired) electrons. The van der Waals surface area contributed by atoms with Gasteiger partial charge in [-0.3, -0.25) is 4.79 Å². The molecule has 1 aliphatic heterocycles. The van der Waals surface area contributed by atoms with Crippen LogP contribution in [0.1, 0.15) is 18.3 Å². The van der Waals surface area contributed by atoms with Crippen LogP contribution in [0.4, 0.5) is 5.82 Å². The second kappa shape index (κ2) is 6.16. The van der Waals surface area contributed by atoms with Gasteiger partial charge in [-0.05, 0) is 19.9 Å². The van der Waals surface area contributed by atoms with Gasteiger partial charge in [0, 0.05) is 44.9 Å². The predicted octanol–water partition coefficient (Wildman–Crippen LogP) is 1.60. The number of aryl methyl sites for hydroxylation is 2. The first-order chi connectivity index (χ1) is 10.9. The van der Waals surface area contributed by atoms with Crippen LogP contribution in [-0.4, -0.2) is 56.7 Å². The van der Waals surface area contributed by atoms with Crippen molar-refractivity contribution in [2.75, 3.05) is 31.1 Å². The van der Waals surface area contributed by atoms with Crippen molar-refractivity contribution >= 4 is 23.3 Å². The van der Waals surface area contributed by atoms with Gasteiger partial charge in [-0.15, -0.1) is 0 Å². The number of hydrogen-bond acceptors (Lipinski definition) is 5. The Hall–Kier alpha value is -2.15. The summed E-state index contributed by atoms with van der Waals surface area (Å²) in [5.74, 6) is 1.33. The first-order valence-corrected chi connectivity index (χ1v) is 7.90. The normalized spacial score (nSPS) is 15.1. The number of halogens is 1. The summed E-state index contributed by atoms with van der Waals surface area (Å²) in [7, 11) is 0. The van der Waals surface area contributed by atoms with Crippen molar-refractivity contribution in [3.8, 4) is 5.95 Å². The maximum absolute atomic E-state index is 11.4. The second-order valence-corrected chi connectivity index (χ2v) is 6.07. The molecule has 0 bridgehead atoms. The standard InChI is InChI=1S/C15H19ClN6O/c1-10-8-11(2)22(19-10)15-17-13(16)9-14(18-15)21-6-4-20(5-7-21)12(3)23/h8-9H,4-7H2,1-3H3. The van der Waals surface area contributed by atoms with Gasteiger partial charge in [-0.2, -0.15) is 15.1 Å². The molecule has 0 spiro atoms. The lowest BCUT2D eigenvalue weighted by atomic mass is 10.3. The first-order valence-electron chi connectivity index (χ1n) is 7.53. The fourth-order valence-corrected chi connectivity index (χ4v) is 2.91. The molecule has 1 saturated heterocycles. The lowest BCUT2D eigenvalue weighted by Crippen LogP contribution is -2.48. The lowest BCUT2D eigenvalue weighted by molar-refractivity contribution is -0.129. The molecule has 0 atom stereocenters. The van der Waals surface area contributed by atoms with Gasteiger partial charge in [0.05, 0.1) is 5.69 Å². The number of aromatic nitrogens is 4. The van der Waals surface area contributed by atoms with Gasteiger partial charge in [0.2, 0.25) is 5.91 Å². The summed E-state index contributed by atoms with van der Waals surface area (Å²) >= 11 is 6.17. The highest BCUT2D eigenvalue weighted by Crippen LogP contribution is 2.20. The molecule has 122 valence electrons. The van der Waals surface area contributed by atoms with Crippen molar-refractivity contribution in [2.24, 2.45) is 0 Å². The predicted molar refractivity (Wildman–Crippen MR) is 88.1 cm³/mol. The van der Waals surface area contributed by atoms with Gasteiger partial charge in [-0.1, -0.05) is 11.6 Å². The Labute approximate surface area is 139 Å². The van der Waals surface area contributed by atoms with Gasteiger partial charge in [0.1, 0.15) is 11.0 Å². The van der Waals surface area contributed by atoms with E-state index in [1.54, 1.807) is 17.7 Å². The van der Waals surface area contributed by atoms with E-state index in [-0.39, 0.29) is 5.91 Å². The Morgan fingerprint density at radius 1 is 1.13 bits per heavy atom. The fourth-order valence-electron chi connectivity index (χ4n) is 2.73. The number of hydrogen-bond donors (Lipinski definition) is 0. The van der Waals surface area contributed by atoms with E-state index in [9.17, 15) is 4.79 Å². The molecule has 23 heavy (non-hydrogen) atoms. The van der Waals surface area contributed by atoms with Gasteiger partial charge in [0.15, 0.2) is 0 Å². The molecule has 0 aliphatic carbocycles. The summed E-state index contributed by atoms with van der Waals surface area (Å²) in [5.41, 5.74) is 1.86. The minimum Gasteiger partial charge on any atom is -0.353 e. The zero-order valence-electron chi connectivity index (χ0n) is 13.5. The highest BCUT2D eigenvalue weighted by Gasteiger charge is 2.21. The summed E-state index contributed by atoms with van der Waals surface area (Å²) < 4.78 is 1.69. The molecule has 1 aliphatic rings. The van der Waals surface area contributed by atoms with Crippen molar-refractivity contribution in [3.05, 3.63) is 28.7 Å². The van der Waals surface area contributed by atoms with E-state index in [0.29, 0.717) is 24.2 Å². The van der Waals surface area contributed by atoms with Gasteiger partial charge >= 0.3 is 0 Å². The Balaban J connectivity index is 1.87. The van der Waals surface area contributed by atoms with E-state index in [1.807, 2.05) is 24.8 Å². The second-order valence-electron chi connectivity index (χ2n) is 5.68. The molecule has 2 aromatic rings. The van der Waals surface area contributed by atoms with Crippen LogP contribution >= 0.6 is 11.6 Å². The summed E-state index contributed by atoms with van der Waals surface area (Å²) in [6, 6.07) is 3.72. The molecule has 0 unspecified atom stereocenters. The summed E-state index contributed by atoms with van der Waals surface area (Å²) in [6.45, 7) is 8.30. The minimum atomic E-state index is 0.105. The maximum atomic E-state index is 11.4. The van der Waals surface area contributed by atoms with Crippen LogP contribution in [0.5, 0.6) is 0 Å². The summed E-state index contributed by atoms with van der Waals surface area (Å²) in [5, 5.41) is 4.79. The number of anilines is 1. The third-order valence-corrected chi connectivity index (χ3v) is 4.11. The van der Waals surface area contributed by atoms with Crippen LogP contribution in [0, 0.1) is 13.8 Å². The molecule has 8 heteroatoms. The van der Waals surface area contributed by atoms with Gasteiger partial charge < -0.3 is 9.80 Å². The largest absolute Gasteiger partial charge is 0.353 e. The van der Waals surface area contributed by atoms with E-state index in [0.717, 1.165) is 30.3 Å². The summed E-state index contributed by atoms with van der Waals surface area (Å²) in [6.07, 6.45) is 0. The molecule has 3 rings (SSSR count). The third-order valence-electron chi connectivity index (χ3n) is 3.92. The smallest absolute Gasteiger partial charge is 0.254 e. The van der Waals surface area contributed by atoms with E-state index >= 15 is 0 Å². The molecular weight excluding hydrogens is 316 g/mol. The fraction of sp³-hybridized carbons (Fsp3) is 0.467. The molecule has 0 N–H and O–H groups in total. The maximum Gasteiger partial charge on any atom is 0.254 e. The lowest BCUT2D eigenvalue weighted by Gasteiger charge is -2.34. The number of amides is 1. The monoisotopic (exact) mass is 334 g/mol. The number of carbonyl (C=O) groups excluding carboxylic acids is 1. The van der Waals surface area contributed by atoms with Crippen molar-refractivity contribution in [3.63, 3.8) is 0 Å². The minimum absolute atomic E-state index is 0.105. The molecule has 2 aromatic heterocycles. The van der Waals surface area contributed by atoms with Crippen LogP contribution in [0.3, 0.4) is 0 Å². The van der Waals surface area contributed by atoms with E-state index in [2.05, 4.69) is 20.0 Å². The van der Waals surface area contributed by atoms with E-state index in [4.69, 9.17) is 11.6 Å². The van der Waals surface area contributed by atoms with E-state index < -0.39 is 0 Å². The first kappa shape index (κ1) is 15.7. The van der Waals surface area contributed by atoms with Crippen LogP contribution in [0.2, 0.25) is 5.15 Å². The quantitative estimate of drug-likeness (QED) is 0.780. The Bertz CT molecular complexity index is 736. The molecular formula is C15H19ClN6O. The molecule has 1 amide bonds. The topological polar surface area (TPSA) is 67.2 Å². The third kappa shape index (κ3) is 3.29. The zero-order valence-corrected chi connectivity index (χ0v) is 14.2. The van der Waals surface area contributed by atoms with Crippen molar-refractivity contribution < 1.29 is 4.79 Å². The van der Waals surface area contributed by atoms with Crippen LogP contribution < -0.4 is 4.90 Å². The number of piperazine rings is 1. The zero-order chi connectivity index (χ0) is 16.6. The average molecular weight is 335 g/mol. The van der Waals surface area contributed by atoms with Crippen molar-refractivity contribution in [1.82, 2.24) is 24.6 Å². The number of nitrogens with zero attached hydrogens (tertiary/aromatic N) is 6. The molecule has 1 fully saturated rings. The Morgan fingerprint density at radius 3 is 2.39 bits per heavy atom. The van der Waals surface area contributed by atoms with Crippen molar-refractivity contribution in [2.45, 2.75) is 20.8 Å². The van der Waals surface area contributed by atoms with Crippen LogP contribution in [-0.2, 0) is 4.79 Å². The summed E-state index contributed by atoms with van der Waals surface area (Å²) in [4.78, 5) is 24.3. The molecule has 3 heterocycles. The Morgan fingerprint density at radius 2 is 1.83 bits per heavy atom. The van der Waals surface area contributed by atoms with Crippen LogP contribution in [0.25, 0.3) is 5.95 Å².